The van der Waals surface area contributed by atoms with Crippen molar-refractivity contribution in [3.05, 3.63) is 122 Å². The van der Waals surface area contributed by atoms with E-state index in [1.165, 1.54) is 6.92 Å². The Hall–Kier alpha value is -6.50. The summed E-state index contributed by atoms with van der Waals surface area (Å²) in [5.41, 5.74) is 1.77. The number of amides is 2. The lowest BCUT2D eigenvalue weighted by atomic mass is 10.0. The van der Waals surface area contributed by atoms with Crippen LogP contribution >= 0.6 is 65.6 Å². The summed E-state index contributed by atoms with van der Waals surface area (Å²) in [5, 5.41) is 27.0. The molecule has 1 aliphatic rings. The summed E-state index contributed by atoms with van der Waals surface area (Å²) in [6.07, 6.45) is 2.15. The van der Waals surface area contributed by atoms with Gasteiger partial charge in [0, 0.05) is 31.8 Å². The van der Waals surface area contributed by atoms with Gasteiger partial charge in [0.2, 0.25) is 23.1 Å². The van der Waals surface area contributed by atoms with Crippen molar-refractivity contribution in [1.82, 2.24) is 20.3 Å². The molecule has 1 aromatic heterocycles. The first kappa shape index (κ1) is 84.5. The molecule has 1 aliphatic heterocycles. The molecule has 516 valence electrons. The molecule has 4 aromatic carbocycles. The van der Waals surface area contributed by atoms with Crippen LogP contribution in [0.4, 0.5) is 42.1 Å². The van der Waals surface area contributed by atoms with Crippen LogP contribution in [0.3, 0.4) is 0 Å². The van der Waals surface area contributed by atoms with E-state index >= 15 is 0 Å². The summed E-state index contributed by atoms with van der Waals surface area (Å²) >= 11 is 28.5. The molecule has 0 radical (unpaired) electrons. The van der Waals surface area contributed by atoms with Gasteiger partial charge in [-0.3, -0.25) is 29.8 Å². The molecule has 0 saturated heterocycles. The van der Waals surface area contributed by atoms with Crippen molar-refractivity contribution < 1.29 is 85.2 Å². The highest BCUT2D eigenvalue weighted by molar-refractivity contribution is 7.94. The molecule has 6 rings (SSSR count). The van der Waals surface area contributed by atoms with E-state index in [4.69, 9.17) is 87.0 Å². The first-order chi connectivity index (χ1) is 43.5. The number of hydrogen-bond donors (Lipinski definition) is 5. The highest BCUT2D eigenvalue weighted by Gasteiger charge is 2.33. The van der Waals surface area contributed by atoms with Crippen molar-refractivity contribution in [3.8, 4) is 17.2 Å². The third kappa shape index (κ3) is 32.0. The number of carboxylic acid groups (broad SMARTS) is 1. The molecule has 2 heterocycles. The lowest BCUT2D eigenvalue weighted by Crippen LogP contribution is -2.47. The maximum atomic E-state index is 12.7. The first-order valence-electron chi connectivity index (χ1n) is 27.8. The number of aromatic nitrogens is 3. The van der Waals surface area contributed by atoms with E-state index in [1.54, 1.807) is 16.9 Å². The number of carbonyl (C=O) groups excluding carboxylic acids is 4. The summed E-state index contributed by atoms with van der Waals surface area (Å²) < 4.78 is 73.4. The topological polar surface area (TPSA) is 336 Å². The van der Waals surface area contributed by atoms with Gasteiger partial charge in [-0.25, -0.2) is 9.59 Å². The van der Waals surface area contributed by atoms with Crippen LogP contribution in [0, 0.1) is 17.0 Å². The van der Waals surface area contributed by atoms with Gasteiger partial charge in [0.1, 0.15) is 42.9 Å². The van der Waals surface area contributed by atoms with E-state index in [1.807, 2.05) is 83.3 Å². The number of fused-ring (bicyclic) bond motifs is 1. The SMILES string of the molecule is CC1COc2ccccc2N1C(=O)C(Cl)Cl.CCNc1nc(Cl)nc(NC(C)C)n1.CCOC(=O)COC(=O)c1cc(Oc2ccc(C(F)(F)F)cc2Cl)ccc1[N+](=O)[O-].CCc1cccc(C)c1N(C(=O)CCl)C(C)COC.C[S+](C)C.O=C(O)CNCP(=O)([O-])O. The van der Waals surface area contributed by atoms with E-state index in [0.717, 1.165) is 65.8 Å². The van der Waals surface area contributed by atoms with Crippen molar-refractivity contribution in [1.29, 1.82) is 0 Å². The Balaban J connectivity index is 0.000000599. The molecule has 3 unspecified atom stereocenters. The number of aliphatic carboxylic acids is 1. The van der Waals surface area contributed by atoms with Crippen molar-refractivity contribution in [2.24, 2.45) is 0 Å². The van der Waals surface area contributed by atoms with Crippen LogP contribution in [0.1, 0.15) is 75.5 Å². The number of halogens is 8. The number of aryl methyl sites for hydroxylation is 2. The summed E-state index contributed by atoms with van der Waals surface area (Å²) in [7, 11) is -2.07. The number of nitrogens with one attached hydrogen (secondary N) is 3. The van der Waals surface area contributed by atoms with Crippen molar-refractivity contribution >= 4 is 135 Å². The molecule has 2 amide bonds. The number of methoxy groups -OCH3 is 1. The third-order valence-electron chi connectivity index (χ3n) is 11.1. The van der Waals surface area contributed by atoms with Crippen LogP contribution in [0.25, 0.3) is 0 Å². The fourth-order valence-electron chi connectivity index (χ4n) is 7.47. The average molecular weight is 1450 g/mol. The number of ether oxygens (including phenoxy) is 5. The minimum Gasteiger partial charge on any atom is -0.778 e. The standard InChI is InChI=1S/C18H13ClF3NO7.C15H22ClNO2.C11H11Cl2NO2.C8H14ClN5.C3H8NO5P.C3H9S/c1-2-28-16(24)9-29-17(25)12-8-11(4-5-14(12)23(26)27)30-15-6-3-10(7-13(15)19)18(20,21)22;1-5-13-8-6-7-11(2)15(13)17(14(18)9-16)12(3)10-19-4;1-7-6-16-9-5-3-2-4-8(9)14(7)11(15)10(12)13;1-4-10-7-12-6(9)13-8(14-7)11-5(2)3;5-3(6)1-4-2-10(7,8)9;1-4(2)3/h3-8H,2,9H2,1H3;6-8,12H,5,9-10H2,1-4H3;2-5,7,10H,6H2,1H3;5H,4H2,1-3H3,(H2,10,11,12,13,14);4H,1-2H2,(H,5,6)(H2,7,8,9);1-3H3/q;;;;;+1/p-1. The average Bonchev–Trinajstić information content (AvgIpc) is 0.837. The number of nitro benzene ring substituents is 1. The zero-order valence-corrected chi connectivity index (χ0v) is 58.3. The third-order valence-corrected chi connectivity index (χ3v) is 12.8. The predicted octanol–water partition coefficient (Wildman–Crippen LogP) is 11.0. The summed E-state index contributed by atoms with van der Waals surface area (Å²) in [6, 6.07) is 18.9. The van der Waals surface area contributed by atoms with Gasteiger partial charge in [-0.1, -0.05) is 72.1 Å². The maximum Gasteiger partial charge on any atom is 0.416 e. The Morgan fingerprint density at radius 3 is 2.11 bits per heavy atom. The Morgan fingerprint density at radius 1 is 0.946 bits per heavy atom. The van der Waals surface area contributed by atoms with E-state index in [2.05, 4.69) is 62.1 Å². The number of nitrogens with zero attached hydrogens (tertiary/aromatic N) is 6. The van der Waals surface area contributed by atoms with Crippen molar-refractivity contribution in [2.75, 3.05) is 98.0 Å². The molecule has 35 heteroatoms. The highest BCUT2D eigenvalue weighted by atomic mass is 35.5. The first-order valence-corrected chi connectivity index (χ1v) is 34.1. The van der Waals surface area contributed by atoms with Gasteiger partial charge in [-0.2, -0.15) is 28.1 Å². The van der Waals surface area contributed by atoms with E-state index < -0.39 is 77.7 Å². The summed E-state index contributed by atoms with van der Waals surface area (Å²) in [6.45, 7) is 16.0. The van der Waals surface area contributed by atoms with Crippen LogP contribution in [0.5, 0.6) is 17.2 Å². The van der Waals surface area contributed by atoms with Crippen LogP contribution in [-0.2, 0) is 61.4 Å². The number of nitro groups is 1. The van der Waals surface area contributed by atoms with Gasteiger partial charge in [0.25, 0.3) is 11.6 Å². The fourth-order valence-corrected chi connectivity index (χ4v) is 8.58. The number of rotatable bonds is 22. The Morgan fingerprint density at radius 2 is 1.58 bits per heavy atom. The molecule has 3 atom stereocenters. The van der Waals surface area contributed by atoms with Gasteiger partial charge in [0.15, 0.2) is 11.4 Å². The molecule has 0 aliphatic carbocycles. The van der Waals surface area contributed by atoms with E-state index in [0.29, 0.717) is 47.8 Å². The Labute approximate surface area is 565 Å². The molecule has 5 N–H and O–H groups in total. The fraction of sp³-hybridized carbons (Fsp3) is 0.448. The number of esters is 2. The molecular formula is C58H76Cl5F3N9O16PS. The second-order valence-electron chi connectivity index (χ2n) is 19.8. The molecule has 0 spiro atoms. The number of carbonyl (C=O) groups is 5. The summed E-state index contributed by atoms with van der Waals surface area (Å²) in [5.74, 6) is -2.28. The second-order valence-corrected chi connectivity index (χ2v) is 25.9. The molecule has 25 nitrogen and oxygen atoms in total. The number of para-hydroxylation sites is 3. The zero-order valence-electron chi connectivity index (χ0n) is 52.9. The minimum absolute atomic E-state index is 0.0223. The van der Waals surface area contributed by atoms with Crippen molar-refractivity contribution in [2.45, 2.75) is 90.9 Å². The smallest absolute Gasteiger partial charge is 0.416 e. The van der Waals surface area contributed by atoms with Crippen LogP contribution in [0.2, 0.25) is 10.3 Å². The van der Waals surface area contributed by atoms with E-state index in [9.17, 15) is 56.7 Å². The maximum absolute atomic E-state index is 12.7. The molecule has 0 bridgehead atoms. The number of benzene rings is 4. The lowest BCUT2D eigenvalue weighted by molar-refractivity contribution is -0.385. The predicted molar refractivity (Wildman–Crippen MR) is 354 cm³/mol. The number of hydrogen-bond acceptors (Lipinski definition) is 20. The normalized spacial score (nSPS) is 13.0. The largest absolute Gasteiger partial charge is 0.778 e. The monoisotopic (exact) mass is 1450 g/mol. The minimum atomic E-state index is -4.61. The van der Waals surface area contributed by atoms with Gasteiger partial charge in [-0.15, -0.1) is 11.6 Å². The van der Waals surface area contributed by atoms with Gasteiger partial charge < -0.3 is 63.6 Å². The zero-order chi connectivity index (χ0) is 70.9. The Bertz CT molecular complexity index is 3270. The van der Waals surface area contributed by atoms with Crippen LogP contribution in [-0.4, -0.2) is 160 Å². The van der Waals surface area contributed by atoms with E-state index in [-0.39, 0.29) is 64.2 Å². The molecule has 5 aromatic rings. The molecule has 0 fully saturated rings. The number of carboxylic acids is 1. The quantitative estimate of drug-likeness (QED) is 0.0107. The number of anilines is 4. The van der Waals surface area contributed by atoms with Crippen molar-refractivity contribution in [3.63, 3.8) is 0 Å². The van der Waals surface area contributed by atoms with Crippen LogP contribution in [0.15, 0.2) is 78.9 Å². The van der Waals surface area contributed by atoms with Gasteiger partial charge in [0.05, 0.1) is 83.8 Å². The number of alkyl halides is 6. The lowest BCUT2D eigenvalue weighted by Gasteiger charge is -2.35. The molecule has 0 saturated carbocycles. The van der Waals surface area contributed by atoms with Gasteiger partial charge in [-0.05, 0) is 125 Å². The molecular weight excluding hydrogens is 1380 g/mol. The highest BCUT2D eigenvalue weighted by Crippen LogP contribution is 2.38. The second kappa shape index (κ2) is 42.8. The molecule has 93 heavy (non-hydrogen) atoms. The Kier molecular flexibility index (Phi) is 38.8. The van der Waals surface area contributed by atoms with Crippen LogP contribution < -0.4 is 40.1 Å². The van der Waals surface area contributed by atoms with Gasteiger partial charge >= 0.3 is 24.1 Å². The summed E-state index contributed by atoms with van der Waals surface area (Å²) in [4.78, 5) is 99.9.